The number of benzene rings is 2. The zero-order chi connectivity index (χ0) is 19.6. The first-order valence-electron chi connectivity index (χ1n) is 8.68. The Balaban J connectivity index is 1.83. The van der Waals surface area contributed by atoms with Crippen molar-refractivity contribution < 1.29 is 14.3 Å². The highest BCUT2D eigenvalue weighted by Gasteiger charge is 2.12. The van der Waals surface area contributed by atoms with Crippen LogP contribution in [0, 0.1) is 0 Å². The summed E-state index contributed by atoms with van der Waals surface area (Å²) in [6.07, 6.45) is 1.78. The Labute approximate surface area is 170 Å². The molecule has 0 atom stereocenters. The molecule has 2 rings (SSSR count). The molecule has 0 spiro atoms. The summed E-state index contributed by atoms with van der Waals surface area (Å²) in [7, 11) is 1.67. The molecule has 0 aliphatic carbocycles. The molecule has 0 aliphatic heterocycles. The van der Waals surface area contributed by atoms with Gasteiger partial charge in [-0.25, -0.2) is 4.79 Å². The summed E-state index contributed by atoms with van der Waals surface area (Å²) in [6.45, 7) is 2.75. The van der Waals surface area contributed by atoms with E-state index in [4.69, 9.17) is 33.3 Å². The van der Waals surface area contributed by atoms with Gasteiger partial charge in [0, 0.05) is 12.2 Å². The lowest BCUT2D eigenvalue weighted by molar-refractivity contribution is 0.0526. The zero-order valence-corrected chi connectivity index (χ0v) is 17.0. The maximum Gasteiger partial charge on any atom is 0.339 e. The van der Waals surface area contributed by atoms with E-state index in [0.717, 1.165) is 24.2 Å². The largest absolute Gasteiger partial charge is 0.496 e. The number of para-hydroxylation sites is 1. The molecule has 2 N–H and O–H groups in total. The number of esters is 1. The van der Waals surface area contributed by atoms with Gasteiger partial charge in [-0.05, 0) is 61.8 Å². The maximum atomic E-state index is 11.9. The quantitative estimate of drug-likeness (QED) is 0.384. The molecule has 5 nitrogen and oxygen atoms in total. The van der Waals surface area contributed by atoms with E-state index in [1.54, 1.807) is 32.2 Å². The van der Waals surface area contributed by atoms with Crippen LogP contribution < -0.4 is 15.4 Å². The fourth-order valence-corrected chi connectivity index (χ4v) is 2.95. The number of carbonyl (C=O) groups is 1. The average molecular weight is 407 g/mol. The van der Waals surface area contributed by atoms with E-state index in [1.807, 2.05) is 18.2 Å². The first-order valence-corrected chi connectivity index (χ1v) is 9.47. The third-order valence-electron chi connectivity index (χ3n) is 3.82. The van der Waals surface area contributed by atoms with E-state index in [1.165, 1.54) is 0 Å². The van der Waals surface area contributed by atoms with Crippen LogP contribution in [0.2, 0.25) is 5.02 Å². The van der Waals surface area contributed by atoms with Crippen molar-refractivity contribution in [3.8, 4) is 5.75 Å². The van der Waals surface area contributed by atoms with Gasteiger partial charge in [0.1, 0.15) is 5.75 Å². The standard InChI is InChI=1S/C20H23ClN2O3S/c1-3-26-19(24)16-13-15(10-11-17(16)21)23-20(27)22-12-6-8-14-7-4-5-9-18(14)25-2/h4-5,7,9-11,13H,3,6,8,12H2,1-2H3,(H2,22,23,27). The highest BCUT2D eigenvalue weighted by atomic mass is 35.5. The van der Waals surface area contributed by atoms with Crippen molar-refractivity contribution in [1.29, 1.82) is 0 Å². The van der Waals surface area contributed by atoms with E-state index >= 15 is 0 Å². The first-order chi connectivity index (χ1) is 13.0. The van der Waals surface area contributed by atoms with E-state index < -0.39 is 5.97 Å². The molecule has 0 bridgehead atoms. The Hall–Kier alpha value is -2.31. The third kappa shape index (κ3) is 6.41. The molecule has 2 aromatic carbocycles. The smallest absolute Gasteiger partial charge is 0.339 e. The van der Waals surface area contributed by atoms with Crippen LogP contribution >= 0.6 is 23.8 Å². The fourth-order valence-electron chi connectivity index (χ4n) is 2.53. The van der Waals surface area contributed by atoms with Crippen molar-refractivity contribution in [2.45, 2.75) is 19.8 Å². The summed E-state index contributed by atoms with van der Waals surface area (Å²) in [5.41, 5.74) is 2.14. The number of nitrogens with one attached hydrogen (secondary N) is 2. The van der Waals surface area contributed by atoms with Crippen molar-refractivity contribution in [3.63, 3.8) is 0 Å². The van der Waals surface area contributed by atoms with Crippen LogP contribution in [0.3, 0.4) is 0 Å². The lowest BCUT2D eigenvalue weighted by atomic mass is 10.1. The topological polar surface area (TPSA) is 59.6 Å². The van der Waals surface area contributed by atoms with Gasteiger partial charge in [-0.1, -0.05) is 29.8 Å². The second-order valence-corrected chi connectivity index (χ2v) is 6.53. The van der Waals surface area contributed by atoms with Crippen LogP contribution in [-0.4, -0.2) is 31.3 Å². The summed E-state index contributed by atoms with van der Waals surface area (Å²) < 4.78 is 10.4. The predicted octanol–water partition coefficient (Wildman–Crippen LogP) is 4.44. The van der Waals surface area contributed by atoms with Crippen LogP contribution in [0.5, 0.6) is 5.75 Å². The Bertz CT molecular complexity index is 799. The molecule has 0 saturated heterocycles. The Morgan fingerprint density at radius 1 is 1.22 bits per heavy atom. The molecule has 0 unspecified atom stereocenters. The molecule has 7 heteroatoms. The van der Waals surface area contributed by atoms with Crippen LogP contribution in [0.1, 0.15) is 29.3 Å². The third-order valence-corrected chi connectivity index (χ3v) is 4.40. The Kier molecular flexibility index (Phi) is 8.36. The number of ether oxygens (including phenoxy) is 2. The summed E-state index contributed by atoms with van der Waals surface area (Å²) in [5, 5.41) is 7.04. The monoisotopic (exact) mass is 406 g/mol. The number of hydrogen-bond donors (Lipinski definition) is 2. The second-order valence-electron chi connectivity index (χ2n) is 5.71. The fraction of sp³-hybridized carbons (Fsp3) is 0.300. The van der Waals surface area contributed by atoms with Crippen molar-refractivity contribution >= 4 is 40.6 Å². The van der Waals surface area contributed by atoms with Crippen LogP contribution in [0.25, 0.3) is 0 Å². The van der Waals surface area contributed by atoms with Crippen molar-refractivity contribution in [3.05, 3.63) is 58.6 Å². The number of carbonyl (C=O) groups excluding carboxylic acids is 1. The van der Waals surface area contributed by atoms with Crippen LogP contribution in [0.15, 0.2) is 42.5 Å². The van der Waals surface area contributed by atoms with E-state index in [2.05, 4.69) is 16.7 Å². The number of methoxy groups -OCH3 is 1. The first kappa shape index (κ1) is 21.0. The number of thiocarbonyl (C=S) groups is 1. The van der Waals surface area contributed by atoms with Gasteiger partial charge in [0.2, 0.25) is 0 Å². The van der Waals surface area contributed by atoms with E-state index in [-0.39, 0.29) is 0 Å². The molecular weight excluding hydrogens is 384 g/mol. The van der Waals surface area contributed by atoms with Crippen molar-refractivity contribution in [2.75, 3.05) is 25.6 Å². The number of anilines is 1. The van der Waals surface area contributed by atoms with Gasteiger partial charge in [-0.3, -0.25) is 0 Å². The molecule has 0 heterocycles. The highest BCUT2D eigenvalue weighted by molar-refractivity contribution is 7.80. The predicted molar refractivity (Wildman–Crippen MR) is 113 cm³/mol. The second kappa shape index (κ2) is 10.7. The van der Waals surface area contributed by atoms with Gasteiger partial charge in [0.05, 0.1) is 24.3 Å². The van der Waals surface area contributed by atoms with E-state index in [9.17, 15) is 4.79 Å². The van der Waals surface area contributed by atoms with Gasteiger partial charge >= 0.3 is 5.97 Å². The maximum absolute atomic E-state index is 11.9. The molecule has 0 aromatic heterocycles. The number of rotatable bonds is 8. The van der Waals surface area contributed by atoms with Gasteiger partial charge in [-0.15, -0.1) is 0 Å². The summed E-state index contributed by atoms with van der Waals surface area (Å²) in [5.74, 6) is 0.438. The lowest BCUT2D eigenvalue weighted by Crippen LogP contribution is -2.29. The minimum Gasteiger partial charge on any atom is -0.496 e. The number of aryl methyl sites for hydroxylation is 1. The molecule has 0 radical (unpaired) electrons. The summed E-state index contributed by atoms with van der Waals surface area (Å²) in [4.78, 5) is 11.9. The minimum atomic E-state index is -0.457. The number of halogens is 1. The molecular formula is C20H23ClN2O3S. The molecule has 27 heavy (non-hydrogen) atoms. The SMILES string of the molecule is CCOC(=O)c1cc(NC(=S)NCCCc2ccccc2OC)ccc1Cl. The van der Waals surface area contributed by atoms with E-state index in [0.29, 0.717) is 34.5 Å². The lowest BCUT2D eigenvalue weighted by Gasteiger charge is -2.13. The van der Waals surface area contributed by atoms with Crippen molar-refractivity contribution in [1.82, 2.24) is 5.32 Å². The van der Waals surface area contributed by atoms with Gasteiger partial charge in [0.25, 0.3) is 0 Å². The van der Waals surface area contributed by atoms with Gasteiger partial charge < -0.3 is 20.1 Å². The van der Waals surface area contributed by atoms with Gasteiger partial charge in [0.15, 0.2) is 5.11 Å². The Morgan fingerprint density at radius 2 is 2.00 bits per heavy atom. The summed E-state index contributed by atoms with van der Waals surface area (Å²) in [6, 6.07) is 13.0. The van der Waals surface area contributed by atoms with Crippen LogP contribution in [0.4, 0.5) is 5.69 Å². The molecule has 144 valence electrons. The average Bonchev–Trinajstić information content (AvgIpc) is 2.67. The molecule has 0 aliphatic rings. The number of hydrogen-bond acceptors (Lipinski definition) is 4. The molecule has 2 aromatic rings. The molecule has 0 fully saturated rings. The normalized spacial score (nSPS) is 10.2. The highest BCUT2D eigenvalue weighted by Crippen LogP contribution is 2.22. The van der Waals surface area contributed by atoms with Gasteiger partial charge in [-0.2, -0.15) is 0 Å². The Morgan fingerprint density at radius 3 is 2.74 bits per heavy atom. The minimum absolute atomic E-state index is 0.291. The van der Waals surface area contributed by atoms with Crippen molar-refractivity contribution in [2.24, 2.45) is 0 Å². The van der Waals surface area contributed by atoms with Crippen LogP contribution in [-0.2, 0) is 11.2 Å². The molecule has 0 saturated carbocycles. The zero-order valence-electron chi connectivity index (χ0n) is 15.4. The summed E-state index contributed by atoms with van der Waals surface area (Å²) >= 11 is 11.4. The molecule has 0 amide bonds.